The van der Waals surface area contributed by atoms with Crippen LogP contribution in [-0.2, 0) is 13.1 Å². The van der Waals surface area contributed by atoms with E-state index in [-0.39, 0.29) is 11.6 Å². The van der Waals surface area contributed by atoms with E-state index in [0.717, 1.165) is 43.9 Å². The van der Waals surface area contributed by atoms with Gasteiger partial charge in [-0.05, 0) is 37.5 Å². The molecule has 0 bridgehead atoms. The number of fused-ring (bicyclic) bond motifs is 1. The van der Waals surface area contributed by atoms with Gasteiger partial charge in [0.25, 0.3) is 0 Å². The lowest BCUT2D eigenvalue weighted by Crippen LogP contribution is -2.53. The zero-order chi connectivity index (χ0) is 19.8. The first-order chi connectivity index (χ1) is 13.4. The number of piperidine rings is 1. The van der Waals surface area contributed by atoms with Gasteiger partial charge in [0, 0.05) is 49.9 Å². The van der Waals surface area contributed by atoms with Gasteiger partial charge in [-0.3, -0.25) is 14.9 Å². The Balaban J connectivity index is 1.50. The summed E-state index contributed by atoms with van der Waals surface area (Å²) in [6, 6.07) is 2.71. The molecule has 4 atom stereocenters. The molecule has 4 unspecified atom stereocenters. The molecule has 4 rings (SSSR count). The molecule has 2 aromatic rings. The summed E-state index contributed by atoms with van der Waals surface area (Å²) in [5.41, 5.74) is 9.13. The number of hydrogen-bond donors (Lipinski definition) is 3. The lowest BCUT2D eigenvalue weighted by molar-refractivity contribution is 0.0306. The second kappa shape index (κ2) is 7.87. The topological polar surface area (TPSA) is 81.4 Å². The lowest BCUT2D eigenvalue weighted by atomic mass is 9.84. The maximum atomic E-state index is 14.5. The van der Waals surface area contributed by atoms with Gasteiger partial charge in [-0.25, -0.2) is 8.78 Å². The van der Waals surface area contributed by atoms with E-state index in [1.807, 2.05) is 11.1 Å². The van der Waals surface area contributed by atoms with E-state index in [9.17, 15) is 13.9 Å². The van der Waals surface area contributed by atoms with E-state index in [4.69, 9.17) is 5.73 Å². The SMILES string of the molecule is CC(O)CN1CC(CN2Cc3cn[nH]c3C2)CC(N)C1c1cc(F)ccc1F. The monoisotopic (exact) mass is 391 g/mol. The van der Waals surface area contributed by atoms with E-state index in [0.29, 0.717) is 19.0 Å². The van der Waals surface area contributed by atoms with Gasteiger partial charge in [0.15, 0.2) is 0 Å². The molecule has 152 valence electrons. The molecule has 1 saturated heterocycles. The summed E-state index contributed by atoms with van der Waals surface area (Å²) in [4.78, 5) is 4.36. The molecule has 28 heavy (non-hydrogen) atoms. The van der Waals surface area contributed by atoms with Gasteiger partial charge < -0.3 is 10.8 Å². The molecule has 2 aliphatic rings. The fourth-order valence-corrected chi connectivity index (χ4v) is 4.76. The van der Waals surface area contributed by atoms with E-state index in [1.54, 1.807) is 6.92 Å². The van der Waals surface area contributed by atoms with Crippen molar-refractivity contribution in [2.75, 3.05) is 19.6 Å². The number of nitrogens with two attached hydrogens (primary N) is 1. The van der Waals surface area contributed by atoms with Crippen LogP contribution in [0, 0.1) is 17.6 Å². The van der Waals surface area contributed by atoms with E-state index in [1.165, 1.54) is 11.6 Å². The number of nitrogens with one attached hydrogen (secondary N) is 1. The molecule has 1 aromatic heterocycles. The van der Waals surface area contributed by atoms with E-state index < -0.39 is 23.8 Å². The Morgan fingerprint density at radius 3 is 2.93 bits per heavy atom. The first kappa shape index (κ1) is 19.4. The quantitative estimate of drug-likeness (QED) is 0.724. The van der Waals surface area contributed by atoms with Gasteiger partial charge in [0.2, 0.25) is 0 Å². The predicted molar refractivity (Wildman–Crippen MR) is 101 cm³/mol. The van der Waals surface area contributed by atoms with Gasteiger partial charge in [-0.15, -0.1) is 0 Å². The number of rotatable bonds is 5. The average molecular weight is 391 g/mol. The Bertz CT molecular complexity index is 806. The van der Waals surface area contributed by atoms with Crippen molar-refractivity contribution in [3.8, 4) is 0 Å². The van der Waals surface area contributed by atoms with Crippen molar-refractivity contribution >= 4 is 0 Å². The molecule has 8 heteroatoms. The zero-order valence-corrected chi connectivity index (χ0v) is 16.0. The first-order valence-corrected chi connectivity index (χ1v) is 9.77. The highest BCUT2D eigenvalue weighted by atomic mass is 19.1. The molecule has 4 N–H and O–H groups in total. The number of hydrogen-bond acceptors (Lipinski definition) is 5. The van der Waals surface area contributed by atoms with Crippen molar-refractivity contribution in [3.05, 3.63) is 52.9 Å². The maximum absolute atomic E-state index is 14.5. The summed E-state index contributed by atoms with van der Waals surface area (Å²) >= 11 is 0. The number of aromatic amines is 1. The van der Waals surface area contributed by atoms with Crippen molar-refractivity contribution in [3.63, 3.8) is 0 Å². The van der Waals surface area contributed by atoms with Crippen molar-refractivity contribution in [1.29, 1.82) is 0 Å². The van der Waals surface area contributed by atoms with Gasteiger partial charge in [-0.1, -0.05) is 0 Å². The second-order valence-corrected chi connectivity index (χ2v) is 8.22. The Labute approximate surface area is 163 Å². The van der Waals surface area contributed by atoms with Gasteiger partial charge in [-0.2, -0.15) is 5.10 Å². The predicted octanol–water partition coefficient (Wildman–Crippen LogP) is 1.77. The molecule has 3 heterocycles. The second-order valence-electron chi connectivity index (χ2n) is 8.22. The normalized spacial score (nSPS) is 27.1. The summed E-state index contributed by atoms with van der Waals surface area (Å²) in [7, 11) is 0. The molecule has 0 radical (unpaired) electrons. The third-order valence-corrected chi connectivity index (χ3v) is 5.77. The number of H-pyrrole nitrogens is 1. The van der Waals surface area contributed by atoms with Crippen LogP contribution in [0.3, 0.4) is 0 Å². The molecule has 2 aliphatic heterocycles. The van der Waals surface area contributed by atoms with Gasteiger partial charge in [0.1, 0.15) is 11.6 Å². The zero-order valence-electron chi connectivity index (χ0n) is 16.0. The fraction of sp³-hybridized carbons (Fsp3) is 0.550. The molecular formula is C20H27F2N5O. The molecular weight excluding hydrogens is 364 g/mol. The minimum absolute atomic E-state index is 0.272. The smallest absolute Gasteiger partial charge is 0.128 e. The summed E-state index contributed by atoms with van der Waals surface area (Å²) in [5, 5.41) is 17.1. The van der Waals surface area contributed by atoms with Crippen molar-refractivity contribution in [2.24, 2.45) is 11.7 Å². The molecule has 1 fully saturated rings. The summed E-state index contributed by atoms with van der Waals surface area (Å²) in [6.07, 6.45) is 2.01. The Kier molecular flexibility index (Phi) is 5.46. The highest BCUT2D eigenvalue weighted by Gasteiger charge is 2.38. The number of halogens is 2. The van der Waals surface area contributed by atoms with Crippen LogP contribution in [0.1, 0.15) is 36.2 Å². The number of benzene rings is 1. The number of likely N-dealkylation sites (tertiary alicyclic amines) is 1. The van der Waals surface area contributed by atoms with Crippen LogP contribution in [0.15, 0.2) is 24.4 Å². The van der Waals surface area contributed by atoms with E-state index >= 15 is 0 Å². The van der Waals surface area contributed by atoms with Crippen LogP contribution in [0.4, 0.5) is 8.78 Å². The summed E-state index contributed by atoms with van der Waals surface area (Å²) in [5.74, 6) is -0.644. The average Bonchev–Trinajstić information content (AvgIpc) is 3.18. The third-order valence-electron chi connectivity index (χ3n) is 5.77. The molecule has 0 amide bonds. The van der Waals surface area contributed by atoms with Crippen LogP contribution in [0.2, 0.25) is 0 Å². The standard InChI is InChI=1S/C20H27F2N5O/c1-12(28)7-27-9-13(8-26-10-14-6-24-25-19(14)11-26)4-18(23)20(27)16-5-15(21)2-3-17(16)22/h2-3,5-6,12-13,18,20,28H,4,7-11,23H2,1H3,(H,24,25). The number of aromatic nitrogens is 2. The van der Waals surface area contributed by atoms with Gasteiger partial charge >= 0.3 is 0 Å². The van der Waals surface area contributed by atoms with Crippen LogP contribution in [-0.4, -0.2) is 56.9 Å². The summed E-state index contributed by atoms with van der Waals surface area (Å²) < 4.78 is 28.2. The first-order valence-electron chi connectivity index (χ1n) is 9.77. The largest absolute Gasteiger partial charge is 0.392 e. The van der Waals surface area contributed by atoms with Crippen molar-refractivity contribution in [2.45, 2.75) is 44.6 Å². The molecule has 1 aromatic carbocycles. The maximum Gasteiger partial charge on any atom is 0.128 e. The van der Waals surface area contributed by atoms with E-state index in [2.05, 4.69) is 15.1 Å². The minimum atomic E-state index is -0.581. The van der Waals surface area contributed by atoms with Crippen molar-refractivity contribution in [1.82, 2.24) is 20.0 Å². The highest BCUT2D eigenvalue weighted by molar-refractivity contribution is 5.25. The minimum Gasteiger partial charge on any atom is -0.392 e. The van der Waals surface area contributed by atoms with Crippen LogP contribution in [0.5, 0.6) is 0 Å². The lowest BCUT2D eigenvalue weighted by Gasteiger charge is -2.45. The van der Waals surface area contributed by atoms with Crippen LogP contribution in [0.25, 0.3) is 0 Å². The fourth-order valence-electron chi connectivity index (χ4n) is 4.76. The van der Waals surface area contributed by atoms with Crippen molar-refractivity contribution < 1.29 is 13.9 Å². The Morgan fingerprint density at radius 1 is 1.36 bits per heavy atom. The Morgan fingerprint density at radius 2 is 2.18 bits per heavy atom. The number of β-amino-alcohol motifs (C(OH)–C–C–N with tert-alkyl or cyclic N) is 1. The molecule has 6 nitrogen and oxygen atoms in total. The van der Waals surface area contributed by atoms with Crippen LogP contribution < -0.4 is 5.73 Å². The Hall–Kier alpha value is -1.87. The summed E-state index contributed by atoms with van der Waals surface area (Å²) in [6.45, 7) is 5.31. The highest BCUT2D eigenvalue weighted by Crippen LogP contribution is 2.35. The number of aliphatic hydroxyl groups is 1. The van der Waals surface area contributed by atoms with Gasteiger partial charge in [0.05, 0.1) is 24.0 Å². The third kappa shape index (κ3) is 3.96. The molecule has 0 aliphatic carbocycles. The molecule has 0 saturated carbocycles. The number of nitrogens with zero attached hydrogens (tertiary/aromatic N) is 3. The number of aliphatic hydroxyl groups excluding tert-OH is 1. The van der Waals surface area contributed by atoms with Crippen LogP contribution >= 0.6 is 0 Å². The molecule has 0 spiro atoms.